The smallest absolute Gasteiger partial charge is 0.0781 e. The fourth-order valence-corrected chi connectivity index (χ4v) is 1.88. The largest absolute Gasteiger partial charge is 0.382 e. The van der Waals surface area contributed by atoms with Crippen molar-refractivity contribution in [2.75, 3.05) is 20.3 Å². The molecule has 0 amide bonds. The molecule has 1 aromatic rings. The summed E-state index contributed by atoms with van der Waals surface area (Å²) in [5.74, 6) is 0. The van der Waals surface area contributed by atoms with E-state index in [9.17, 15) is 0 Å². The van der Waals surface area contributed by atoms with Gasteiger partial charge in [-0.1, -0.05) is 45.0 Å². The van der Waals surface area contributed by atoms with Crippen LogP contribution in [0.5, 0.6) is 0 Å². The van der Waals surface area contributed by atoms with Gasteiger partial charge in [-0.2, -0.15) is 0 Å². The monoisotopic (exact) mass is 265 g/mol. The van der Waals surface area contributed by atoms with Crippen molar-refractivity contribution in [1.29, 1.82) is 0 Å². The summed E-state index contributed by atoms with van der Waals surface area (Å²) >= 11 is 0. The zero-order chi connectivity index (χ0) is 14.5. The van der Waals surface area contributed by atoms with Gasteiger partial charge in [0.15, 0.2) is 0 Å². The highest BCUT2D eigenvalue weighted by Crippen LogP contribution is 2.23. The molecule has 0 bridgehead atoms. The Morgan fingerprint density at radius 2 is 1.68 bits per heavy atom. The average molecular weight is 265 g/mol. The summed E-state index contributed by atoms with van der Waals surface area (Å²) in [6.07, 6.45) is 0.0740. The van der Waals surface area contributed by atoms with Gasteiger partial charge in [-0.05, 0) is 23.5 Å². The van der Waals surface area contributed by atoms with E-state index >= 15 is 0 Å². The Balaban J connectivity index is 2.56. The minimum atomic E-state index is -0.0895. The van der Waals surface area contributed by atoms with Crippen LogP contribution in [0.1, 0.15) is 44.9 Å². The highest BCUT2D eigenvalue weighted by atomic mass is 16.5. The molecule has 0 heterocycles. The minimum absolute atomic E-state index is 0.0740. The molecule has 0 spiro atoms. The second kappa shape index (κ2) is 7.04. The van der Waals surface area contributed by atoms with E-state index in [1.165, 1.54) is 5.56 Å². The topological polar surface area (TPSA) is 44.5 Å². The summed E-state index contributed by atoms with van der Waals surface area (Å²) in [6.45, 7) is 9.71. The van der Waals surface area contributed by atoms with E-state index < -0.39 is 0 Å². The van der Waals surface area contributed by atoms with Crippen LogP contribution in [0.25, 0.3) is 0 Å². The van der Waals surface area contributed by atoms with Gasteiger partial charge in [-0.15, -0.1) is 0 Å². The Morgan fingerprint density at radius 3 is 2.16 bits per heavy atom. The maximum Gasteiger partial charge on any atom is 0.0781 e. The first kappa shape index (κ1) is 16.2. The zero-order valence-corrected chi connectivity index (χ0v) is 12.8. The predicted molar refractivity (Wildman–Crippen MR) is 79.4 cm³/mol. The molecule has 0 aliphatic rings. The standard InChI is InChI=1S/C16H27NO2/c1-12(10-18-5)19-11-15(17)13-6-8-14(9-7-13)16(2,3)4/h6-9,12,15H,10-11,17H2,1-5H3. The van der Waals surface area contributed by atoms with Crippen molar-refractivity contribution < 1.29 is 9.47 Å². The summed E-state index contributed by atoms with van der Waals surface area (Å²) in [5.41, 5.74) is 8.73. The van der Waals surface area contributed by atoms with E-state index in [0.717, 1.165) is 5.56 Å². The van der Waals surface area contributed by atoms with Crippen LogP contribution >= 0.6 is 0 Å². The van der Waals surface area contributed by atoms with Gasteiger partial charge in [0.2, 0.25) is 0 Å². The molecule has 0 radical (unpaired) electrons. The Bertz CT molecular complexity index is 367. The van der Waals surface area contributed by atoms with Gasteiger partial charge in [-0.25, -0.2) is 0 Å². The van der Waals surface area contributed by atoms with Crippen LogP contribution in [-0.4, -0.2) is 26.4 Å². The first-order valence-corrected chi connectivity index (χ1v) is 6.81. The van der Waals surface area contributed by atoms with Crippen molar-refractivity contribution in [2.24, 2.45) is 5.73 Å². The highest BCUT2D eigenvalue weighted by Gasteiger charge is 2.14. The molecule has 0 fully saturated rings. The number of nitrogens with two attached hydrogens (primary N) is 1. The van der Waals surface area contributed by atoms with E-state index in [-0.39, 0.29) is 17.6 Å². The molecule has 108 valence electrons. The fourth-order valence-electron chi connectivity index (χ4n) is 1.88. The average Bonchev–Trinajstić information content (AvgIpc) is 2.35. The molecule has 1 rings (SSSR count). The lowest BCUT2D eigenvalue weighted by atomic mass is 9.86. The maximum atomic E-state index is 6.13. The van der Waals surface area contributed by atoms with Gasteiger partial charge in [0, 0.05) is 7.11 Å². The summed E-state index contributed by atoms with van der Waals surface area (Å²) in [7, 11) is 1.67. The minimum Gasteiger partial charge on any atom is -0.382 e. The number of methoxy groups -OCH3 is 1. The normalized spacial score (nSPS) is 15.3. The molecule has 0 aliphatic carbocycles. The lowest BCUT2D eigenvalue weighted by Gasteiger charge is -2.21. The summed E-state index contributed by atoms with van der Waals surface area (Å²) < 4.78 is 10.7. The molecule has 0 saturated carbocycles. The van der Waals surface area contributed by atoms with Gasteiger partial charge in [0.25, 0.3) is 0 Å². The van der Waals surface area contributed by atoms with Crippen molar-refractivity contribution in [2.45, 2.75) is 45.3 Å². The SMILES string of the molecule is COCC(C)OCC(N)c1ccc(C(C)(C)C)cc1. The fraction of sp³-hybridized carbons (Fsp3) is 0.625. The lowest BCUT2D eigenvalue weighted by molar-refractivity contribution is 0.00328. The molecule has 2 unspecified atom stereocenters. The third kappa shape index (κ3) is 5.31. The second-order valence-corrected chi connectivity index (χ2v) is 6.08. The number of ether oxygens (including phenoxy) is 2. The van der Waals surface area contributed by atoms with Gasteiger partial charge in [0.05, 0.1) is 25.4 Å². The third-order valence-corrected chi connectivity index (χ3v) is 3.17. The van der Waals surface area contributed by atoms with Crippen LogP contribution in [0.4, 0.5) is 0 Å². The van der Waals surface area contributed by atoms with Crippen molar-refractivity contribution in [3.63, 3.8) is 0 Å². The van der Waals surface area contributed by atoms with Crippen LogP contribution in [0, 0.1) is 0 Å². The van der Waals surface area contributed by atoms with Crippen molar-refractivity contribution in [3.05, 3.63) is 35.4 Å². The predicted octanol–water partition coefficient (Wildman–Crippen LogP) is 3.04. The number of rotatable bonds is 6. The summed E-state index contributed by atoms with van der Waals surface area (Å²) in [6, 6.07) is 8.39. The highest BCUT2D eigenvalue weighted by molar-refractivity contribution is 5.29. The first-order valence-electron chi connectivity index (χ1n) is 6.81. The van der Waals surface area contributed by atoms with E-state index in [4.69, 9.17) is 15.2 Å². The number of hydrogen-bond acceptors (Lipinski definition) is 3. The van der Waals surface area contributed by atoms with Crippen LogP contribution in [0.2, 0.25) is 0 Å². The Kier molecular flexibility index (Phi) is 5.98. The van der Waals surface area contributed by atoms with Crippen molar-refractivity contribution in [3.8, 4) is 0 Å². The molecule has 0 saturated heterocycles. The third-order valence-electron chi connectivity index (χ3n) is 3.17. The quantitative estimate of drug-likeness (QED) is 0.860. The molecule has 2 atom stereocenters. The number of hydrogen-bond donors (Lipinski definition) is 1. The Morgan fingerprint density at radius 1 is 1.11 bits per heavy atom. The van der Waals surface area contributed by atoms with Gasteiger partial charge in [-0.3, -0.25) is 0 Å². The molecule has 1 aromatic carbocycles. The van der Waals surface area contributed by atoms with Crippen LogP contribution in [0.15, 0.2) is 24.3 Å². The van der Waals surface area contributed by atoms with Crippen LogP contribution in [-0.2, 0) is 14.9 Å². The summed E-state index contributed by atoms with van der Waals surface area (Å²) in [4.78, 5) is 0. The van der Waals surface area contributed by atoms with Crippen molar-refractivity contribution in [1.82, 2.24) is 0 Å². The lowest BCUT2D eigenvalue weighted by Crippen LogP contribution is -2.23. The first-order chi connectivity index (χ1) is 8.84. The van der Waals surface area contributed by atoms with Crippen LogP contribution < -0.4 is 5.73 Å². The second-order valence-electron chi connectivity index (χ2n) is 6.08. The zero-order valence-electron chi connectivity index (χ0n) is 12.8. The van der Waals surface area contributed by atoms with E-state index in [1.807, 2.05) is 6.92 Å². The Labute approximate surface area is 117 Å². The van der Waals surface area contributed by atoms with E-state index in [2.05, 4.69) is 45.0 Å². The van der Waals surface area contributed by atoms with Gasteiger partial charge >= 0.3 is 0 Å². The molecular weight excluding hydrogens is 238 g/mol. The van der Waals surface area contributed by atoms with Crippen LogP contribution in [0.3, 0.4) is 0 Å². The maximum absolute atomic E-state index is 6.13. The molecule has 0 aromatic heterocycles. The Hall–Kier alpha value is -0.900. The van der Waals surface area contributed by atoms with E-state index in [1.54, 1.807) is 7.11 Å². The molecule has 3 heteroatoms. The summed E-state index contributed by atoms with van der Waals surface area (Å²) in [5, 5.41) is 0. The van der Waals surface area contributed by atoms with Gasteiger partial charge in [0.1, 0.15) is 0 Å². The van der Waals surface area contributed by atoms with E-state index in [0.29, 0.717) is 13.2 Å². The molecule has 0 aliphatic heterocycles. The molecule has 19 heavy (non-hydrogen) atoms. The molecular formula is C16H27NO2. The van der Waals surface area contributed by atoms with Gasteiger partial charge < -0.3 is 15.2 Å². The molecule has 2 N–H and O–H groups in total. The van der Waals surface area contributed by atoms with Crippen molar-refractivity contribution >= 4 is 0 Å². The molecule has 3 nitrogen and oxygen atoms in total. The number of benzene rings is 1.